The summed E-state index contributed by atoms with van der Waals surface area (Å²) in [7, 11) is 0. The van der Waals surface area contributed by atoms with Crippen molar-refractivity contribution in [1.29, 1.82) is 0 Å². The Hall–Kier alpha value is -1.32. The average molecular weight is 222 g/mol. The third kappa shape index (κ3) is 3.36. The van der Waals surface area contributed by atoms with E-state index in [1.807, 2.05) is 13.8 Å². The van der Waals surface area contributed by atoms with Crippen molar-refractivity contribution < 1.29 is 0 Å². The lowest BCUT2D eigenvalue weighted by Crippen LogP contribution is -2.11. The van der Waals surface area contributed by atoms with Gasteiger partial charge in [-0.05, 0) is 19.3 Å². The third-order valence-corrected chi connectivity index (χ3v) is 2.56. The van der Waals surface area contributed by atoms with E-state index < -0.39 is 0 Å². The van der Waals surface area contributed by atoms with E-state index in [1.54, 1.807) is 0 Å². The second-order valence-corrected chi connectivity index (χ2v) is 4.46. The average Bonchev–Trinajstić information content (AvgIpc) is 2.23. The van der Waals surface area contributed by atoms with E-state index in [0.717, 1.165) is 36.6 Å². The summed E-state index contributed by atoms with van der Waals surface area (Å²) in [5, 5.41) is 3.33. The molecular formula is C12H22N4. The number of nitrogen functional groups attached to an aromatic ring is 1. The minimum atomic E-state index is 0.582. The van der Waals surface area contributed by atoms with Crippen molar-refractivity contribution in [1.82, 2.24) is 9.97 Å². The van der Waals surface area contributed by atoms with E-state index in [4.69, 9.17) is 5.73 Å². The van der Waals surface area contributed by atoms with Crippen molar-refractivity contribution in [3.8, 4) is 0 Å². The Morgan fingerprint density at radius 1 is 1.31 bits per heavy atom. The maximum absolute atomic E-state index is 5.84. The molecule has 0 spiro atoms. The summed E-state index contributed by atoms with van der Waals surface area (Å²) in [5.41, 5.74) is 6.78. The van der Waals surface area contributed by atoms with Crippen molar-refractivity contribution >= 4 is 11.6 Å². The van der Waals surface area contributed by atoms with Gasteiger partial charge in [0.2, 0.25) is 0 Å². The van der Waals surface area contributed by atoms with Crippen LogP contribution in [0.25, 0.3) is 0 Å². The van der Waals surface area contributed by atoms with Crippen LogP contribution in [0.3, 0.4) is 0 Å². The summed E-state index contributed by atoms with van der Waals surface area (Å²) < 4.78 is 0. The molecule has 1 heterocycles. The molecule has 0 aliphatic rings. The maximum Gasteiger partial charge on any atom is 0.134 e. The van der Waals surface area contributed by atoms with Crippen LogP contribution in [0.5, 0.6) is 0 Å². The molecule has 1 aromatic rings. The van der Waals surface area contributed by atoms with E-state index in [9.17, 15) is 0 Å². The highest BCUT2D eigenvalue weighted by Crippen LogP contribution is 2.17. The van der Waals surface area contributed by atoms with E-state index in [2.05, 4.69) is 29.1 Å². The Kier molecular flexibility index (Phi) is 4.52. The van der Waals surface area contributed by atoms with Crippen LogP contribution >= 0.6 is 0 Å². The molecule has 3 N–H and O–H groups in total. The number of aryl methyl sites for hydroxylation is 1. The molecule has 1 aromatic heterocycles. The van der Waals surface area contributed by atoms with Gasteiger partial charge in [-0.1, -0.05) is 20.8 Å². The molecular weight excluding hydrogens is 200 g/mol. The van der Waals surface area contributed by atoms with Crippen LogP contribution < -0.4 is 11.1 Å². The summed E-state index contributed by atoms with van der Waals surface area (Å²) in [6, 6.07) is 0. The molecule has 0 radical (unpaired) electrons. The zero-order valence-electron chi connectivity index (χ0n) is 10.7. The lowest BCUT2D eigenvalue weighted by Gasteiger charge is -2.12. The summed E-state index contributed by atoms with van der Waals surface area (Å²) >= 11 is 0. The van der Waals surface area contributed by atoms with Crippen molar-refractivity contribution in [2.24, 2.45) is 5.92 Å². The van der Waals surface area contributed by atoms with E-state index >= 15 is 0 Å². The standard InChI is InChI=1S/C12H22N4/c1-5-10-15-11(13)9(4)12(16-10)14-7-6-8(2)3/h8H,5-7H2,1-4H3,(H3,13,14,15,16). The molecule has 16 heavy (non-hydrogen) atoms. The number of hydrogen-bond donors (Lipinski definition) is 2. The molecule has 0 aliphatic carbocycles. The number of anilines is 2. The van der Waals surface area contributed by atoms with Gasteiger partial charge >= 0.3 is 0 Å². The van der Waals surface area contributed by atoms with Crippen LogP contribution in [0.1, 0.15) is 38.6 Å². The number of hydrogen-bond acceptors (Lipinski definition) is 4. The van der Waals surface area contributed by atoms with E-state index in [0.29, 0.717) is 11.7 Å². The first kappa shape index (κ1) is 12.7. The molecule has 0 amide bonds. The van der Waals surface area contributed by atoms with Gasteiger partial charge in [0.1, 0.15) is 17.5 Å². The van der Waals surface area contributed by atoms with Crippen molar-refractivity contribution in [3.63, 3.8) is 0 Å². The lowest BCUT2D eigenvalue weighted by atomic mass is 10.1. The normalized spacial score (nSPS) is 10.8. The highest BCUT2D eigenvalue weighted by atomic mass is 15.1. The molecule has 4 heteroatoms. The van der Waals surface area contributed by atoms with Gasteiger partial charge in [0, 0.05) is 18.5 Å². The fourth-order valence-electron chi connectivity index (χ4n) is 1.39. The summed E-state index contributed by atoms with van der Waals surface area (Å²) in [5.74, 6) is 2.96. The number of nitrogens with zero attached hydrogens (tertiary/aromatic N) is 2. The molecule has 90 valence electrons. The minimum absolute atomic E-state index is 0.582. The van der Waals surface area contributed by atoms with Gasteiger partial charge in [-0.3, -0.25) is 0 Å². The Labute approximate surface area is 97.7 Å². The Balaban J connectivity index is 2.74. The Bertz CT molecular complexity index is 347. The Morgan fingerprint density at radius 2 is 2.00 bits per heavy atom. The van der Waals surface area contributed by atoms with Crippen LogP contribution in [0, 0.1) is 12.8 Å². The van der Waals surface area contributed by atoms with Crippen LogP contribution in [-0.4, -0.2) is 16.5 Å². The monoisotopic (exact) mass is 222 g/mol. The fourth-order valence-corrected chi connectivity index (χ4v) is 1.39. The quantitative estimate of drug-likeness (QED) is 0.803. The van der Waals surface area contributed by atoms with Crippen LogP contribution in [0.15, 0.2) is 0 Å². The van der Waals surface area contributed by atoms with Crippen molar-refractivity contribution in [2.45, 2.75) is 40.5 Å². The van der Waals surface area contributed by atoms with Gasteiger partial charge in [-0.15, -0.1) is 0 Å². The van der Waals surface area contributed by atoms with Gasteiger partial charge in [0.25, 0.3) is 0 Å². The van der Waals surface area contributed by atoms with Gasteiger partial charge in [0.15, 0.2) is 0 Å². The first-order valence-electron chi connectivity index (χ1n) is 5.91. The second-order valence-electron chi connectivity index (χ2n) is 4.46. The molecule has 1 rings (SSSR count). The van der Waals surface area contributed by atoms with Gasteiger partial charge in [0.05, 0.1) is 0 Å². The molecule has 0 unspecified atom stereocenters. The number of nitrogens with two attached hydrogens (primary N) is 1. The van der Waals surface area contributed by atoms with Crippen molar-refractivity contribution in [3.05, 3.63) is 11.4 Å². The molecule has 0 bridgehead atoms. The summed E-state index contributed by atoms with van der Waals surface area (Å²) in [6.45, 7) is 9.33. The van der Waals surface area contributed by atoms with Gasteiger partial charge in [-0.25, -0.2) is 9.97 Å². The third-order valence-electron chi connectivity index (χ3n) is 2.56. The predicted molar refractivity (Wildman–Crippen MR) is 68.5 cm³/mol. The SMILES string of the molecule is CCc1nc(N)c(C)c(NCCC(C)C)n1. The zero-order chi connectivity index (χ0) is 12.1. The molecule has 0 fully saturated rings. The Morgan fingerprint density at radius 3 is 2.56 bits per heavy atom. The van der Waals surface area contributed by atoms with Gasteiger partial charge in [-0.2, -0.15) is 0 Å². The van der Waals surface area contributed by atoms with E-state index in [1.165, 1.54) is 0 Å². The first-order valence-corrected chi connectivity index (χ1v) is 5.91. The highest BCUT2D eigenvalue weighted by Gasteiger charge is 2.07. The highest BCUT2D eigenvalue weighted by molar-refractivity contribution is 5.54. The van der Waals surface area contributed by atoms with Crippen LogP contribution in [0.2, 0.25) is 0 Å². The van der Waals surface area contributed by atoms with Crippen LogP contribution in [0.4, 0.5) is 11.6 Å². The minimum Gasteiger partial charge on any atom is -0.383 e. The molecule has 0 saturated carbocycles. The molecule has 0 aliphatic heterocycles. The number of aromatic nitrogens is 2. The van der Waals surface area contributed by atoms with Crippen LogP contribution in [-0.2, 0) is 6.42 Å². The zero-order valence-corrected chi connectivity index (χ0v) is 10.7. The summed E-state index contributed by atoms with van der Waals surface area (Å²) in [4.78, 5) is 8.67. The topological polar surface area (TPSA) is 63.8 Å². The molecule has 0 atom stereocenters. The molecule has 0 saturated heterocycles. The van der Waals surface area contributed by atoms with Crippen molar-refractivity contribution in [2.75, 3.05) is 17.6 Å². The predicted octanol–water partition coefficient (Wildman–Crippen LogP) is 2.39. The smallest absolute Gasteiger partial charge is 0.134 e. The summed E-state index contributed by atoms with van der Waals surface area (Å²) in [6.07, 6.45) is 1.94. The van der Waals surface area contributed by atoms with E-state index in [-0.39, 0.29) is 0 Å². The first-order chi connectivity index (χ1) is 7.54. The molecule has 4 nitrogen and oxygen atoms in total. The lowest BCUT2D eigenvalue weighted by molar-refractivity contribution is 0.606. The maximum atomic E-state index is 5.84. The molecule has 0 aromatic carbocycles. The number of rotatable bonds is 5. The second kappa shape index (κ2) is 5.68. The van der Waals surface area contributed by atoms with Gasteiger partial charge < -0.3 is 11.1 Å². The largest absolute Gasteiger partial charge is 0.383 e. The fraction of sp³-hybridized carbons (Fsp3) is 0.667. The number of nitrogens with one attached hydrogen (secondary N) is 1.